The van der Waals surface area contributed by atoms with Crippen LogP contribution in [0.15, 0.2) is 48.3 Å². The van der Waals surface area contributed by atoms with Crippen LogP contribution in [-0.4, -0.2) is 19.4 Å². The minimum atomic E-state index is 0.608. The number of unbranched alkanes of at least 4 members (excludes halogenated alkanes) is 1. The molecule has 0 aliphatic heterocycles. The van der Waals surface area contributed by atoms with Gasteiger partial charge in [-0.05, 0) is 74.3 Å². The van der Waals surface area contributed by atoms with Crippen LogP contribution in [0.1, 0.15) is 50.2 Å². The van der Waals surface area contributed by atoms with Crippen LogP contribution in [0.2, 0.25) is 0 Å². The summed E-state index contributed by atoms with van der Waals surface area (Å²) < 4.78 is 2.20. The fourth-order valence-electron chi connectivity index (χ4n) is 4.42. The highest BCUT2D eigenvalue weighted by molar-refractivity contribution is 5.83. The van der Waals surface area contributed by atoms with Gasteiger partial charge in [-0.25, -0.2) is 15.0 Å². The van der Waals surface area contributed by atoms with Crippen molar-refractivity contribution in [1.82, 2.24) is 19.4 Å². The second-order valence-corrected chi connectivity index (χ2v) is 8.15. The molecule has 3 aromatic heterocycles. The number of hydrogen-bond acceptors (Lipinski definition) is 3. The van der Waals surface area contributed by atoms with Crippen LogP contribution in [0.25, 0.3) is 22.6 Å². The molecule has 4 nitrogen and oxygen atoms in total. The number of hydrogen-bond donors (Lipinski definition) is 0. The molecular weight excluding hydrogens is 344 g/mol. The fourth-order valence-corrected chi connectivity index (χ4v) is 4.42. The zero-order valence-corrected chi connectivity index (χ0v) is 16.8. The summed E-state index contributed by atoms with van der Waals surface area (Å²) in [5.74, 6) is 2.09. The van der Waals surface area contributed by atoms with E-state index in [2.05, 4.69) is 53.7 Å². The lowest BCUT2D eigenvalue weighted by Gasteiger charge is -2.12. The molecule has 2 aliphatic rings. The van der Waals surface area contributed by atoms with Gasteiger partial charge in [0.2, 0.25) is 0 Å². The summed E-state index contributed by atoms with van der Waals surface area (Å²) in [4.78, 5) is 14.1. The van der Waals surface area contributed by atoms with Crippen LogP contribution < -0.4 is 0 Å². The quantitative estimate of drug-likeness (QED) is 0.602. The van der Waals surface area contributed by atoms with E-state index in [1.165, 1.54) is 36.0 Å². The SMILES string of the molecule is CCCCc1ccn2c(-c3ccnc(C)n3)c(C3=CC=C(C)C4CC34)nc2c1. The van der Waals surface area contributed by atoms with Crippen LogP contribution in [0.5, 0.6) is 0 Å². The predicted molar refractivity (Wildman–Crippen MR) is 113 cm³/mol. The Kier molecular flexibility index (Phi) is 4.15. The first-order valence-corrected chi connectivity index (χ1v) is 10.4. The van der Waals surface area contributed by atoms with Crippen molar-refractivity contribution in [3.05, 3.63) is 65.4 Å². The second kappa shape index (κ2) is 6.69. The lowest BCUT2D eigenvalue weighted by atomic mass is 9.95. The van der Waals surface area contributed by atoms with Gasteiger partial charge < -0.3 is 0 Å². The first kappa shape index (κ1) is 17.4. The van der Waals surface area contributed by atoms with Gasteiger partial charge in [0, 0.05) is 12.4 Å². The number of imidazole rings is 1. The Balaban J connectivity index is 1.70. The average molecular weight is 371 g/mol. The van der Waals surface area contributed by atoms with Gasteiger partial charge in [0.05, 0.1) is 17.1 Å². The minimum absolute atomic E-state index is 0.608. The molecule has 0 radical (unpaired) electrons. The zero-order chi connectivity index (χ0) is 19.3. The molecule has 28 heavy (non-hydrogen) atoms. The molecule has 4 heteroatoms. The maximum Gasteiger partial charge on any atom is 0.138 e. The maximum atomic E-state index is 5.12. The molecule has 1 fully saturated rings. The normalized spacial score (nSPS) is 20.7. The van der Waals surface area contributed by atoms with Gasteiger partial charge in [0.1, 0.15) is 11.5 Å². The third kappa shape index (κ3) is 2.88. The summed E-state index contributed by atoms with van der Waals surface area (Å²) >= 11 is 0. The minimum Gasteiger partial charge on any atom is -0.298 e. The molecule has 2 atom stereocenters. The van der Waals surface area contributed by atoms with Crippen LogP contribution in [-0.2, 0) is 6.42 Å². The number of nitrogens with zero attached hydrogens (tertiary/aromatic N) is 4. The summed E-state index contributed by atoms with van der Waals surface area (Å²) in [6.07, 6.45) is 13.3. The Morgan fingerprint density at radius 2 is 2.00 bits per heavy atom. The van der Waals surface area contributed by atoms with Crippen LogP contribution >= 0.6 is 0 Å². The highest BCUT2D eigenvalue weighted by atomic mass is 15.0. The van der Waals surface area contributed by atoms with Crippen molar-refractivity contribution >= 4 is 11.2 Å². The van der Waals surface area contributed by atoms with E-state index in [-0.39, 0.29) is 0 Å². The molecule has 3 aromatic rings. The van der Waals surface area contributed by atoms with Gasteiger partial charge in [-0.15, -0.1) is 0 Å². The molecule has 0 bridgehead atoms. The Labute approximate surface area is 166 Å². The second-order valence-electron chi connectivity index (χ2n) is 8.15. The Morgan fingerprint density at radius 1 is 1.11 bits per heavy atom. The van der Waals surface area contributed by atoms with Crippen molar-refractivity contribution in [1.29, 1.82) is 0 Å². The summed E-state index contributed by atoms with van der Waals surface area (Å²) in [6.45, 7) is 6.42. The van der Waals surface area contributed by atoms with E-state index in [9.17, 15) is 0 Å². The van der Waals surface area contributed by atoms with Gasteiger partial charge in [-0.3, -0.25) is 4.40 Å². The molecule has 3 heterocycles. The van der Waals surface area contributed by atoms with E-state index in [4.69, 9.17) is 9.97 Å². The largest absolute Gasteiger partial charge is 0.298 e. The molecular formula is C24H26N4. The van der Waals surface area contributed by atoms with E-state index in [0.29, 0.717) is 11.8 Å². The van der Waals surface area contributed by atoms with Crippen molar-refractivity contribution < 1.29 is 0 Å². The number of aromatic nitrogens is 4. The summed E-state index contributed by atoms with van der Waals surface area (Å²) in [5.41, 5.74) is 8.35. The Bertz CT molecular complexity index is 1120. The molecule has 0 aromatic carbocycles. The average Bonchev–Trinajstić information content (AvgIpc) is 3.41. The standard InChI is InChI=1S/C24H26N4/c1-4-5-6-17-10-12-28-22(13-17)27-23(18-8-7-15(2)19-14-20(18)19)24(28)21-9-11-25-16(3)26-21/h7-13,19-20H,4-6,14H2,1-3H3. The smallest absolute Gasteiger partial charge is 0.138 e. The molecule has 2 unspecified atom stereocenters. The van der Waals surface area contributed by atoms with Crippen molar-refractivity contribution in [2.75, 3.05) is 0 Å². The lowest BCUT2D eigenvalue weighted by Crippen LogP contribution is -2.00. The van der Waals surface area contributed by atoms with E-state index in [1.54, 1.807) is 0 Å². The van der Waals surface area contributed by atoms with Gasteiger partial charge in [0.25, 0.3) is 0 Å². The lowest BCUT2D eigenvalue weighted by molar-refractivity contribution is 0.794. The highest BCUT2D eigenvalue weighted by Crippen LogP contribution is 2.55. The Hall–Kier alpha value is -2.75. The molecule has 142 valence electrons. The predicted octanol–water partition coefficient (Wildman–Crippen LogP) is 5.42. The van der Waals surface area contributed by atoms with Crippen LogP contribution in [0, 0.1) is 18.8 Å². The fraction of sp³-hybridized carbons (Fsp3) is 0.375. The summed E-state index contributed by atoms with van der Waals surface area (Å²) in [5, 5.41) is 0. The number of fused-ring (bicyclic) bond motifs is 2. The van der Waals surface area contributed by atoms with E-state index in [1.807, 2.05) is 19.2 Å². The number of allylic oxidation sites excluding steroid dienone is 4. The van der Waals surface area contributed by atoms with Crippen molar-refractivity contribution in [3.63, 3.8) is 0 Å². The van der Waals surface area contributed by atoms with Gasteiger partial charge >= 0.3 is 0 Å². The summed E-state index contributed by atoms with van der Waals surface area (Å²) in [6, 6.07) is 6.47. The van der Waals surface area contributed by atoms with Gasteiger partial charge in [0.15, 0.2) is 0 Å². The number of rotatable bonds is 5. The highest BCUT2D eigenvalue weighted by Gasteiger charge is 2.44. The topological polar surface area (TPSA) is 43.1 Å². The van der Waals surface area contributed by atoms with Crippen molar-refractivity contribution in [2.24, 2.45) is 11.8 Å². The van der Waals surface area contributed by atoms with E-state index < -0.39 is 0 Å². The monoisotopic (exact) mass is 370 g/mol. The van der Waals surface area contributed by atoms with Crippen LogP contribution in [0.4, 0.5) is 0 Å². The molecule has 0 N–H and O–H groups in total. The zero-order valence-electron chi connectivity index (χ0n) is 16.8. The first-order chi connectivity index (χ1) is 13.7. The molecule has 0 saturated heterocycles. The molecule has 2 aliphatic carbocycles. The number of aryl methyl sites for hydroxylation is 2. The molecule has 5 rings (SSSR count). The third-order valence-electron chi connectivity index (χ3n) is 6.10. The molecule has 1 saturated carbocycles. The molecule has 0 spiro atoms. The van der Waals surface area contributed by atoms with Crippen molar-refractivity contribution in [2.45, 2.75) is 46.5 Å². The van der Waals surface area contributed by atoms with Crippen molar-refractivity contribution in [3.8, 4) is 11.4 Å². The van der Waals surface area contributed by atoms with Gasteiger partial charge in [-0.2, -0.15) is 0 Å². The third-order valence-corrected chi connectivity index (χ3v) is 6.10. The molecule has 0 amide bonds. The Morgan fingerprint density at radius 3 is 2.82 bits per heavy atom. The first-order valence-electron chi connectivity index (χ1n) is 10.4. The summed E-state index contributed by atoms with van der Waals surface area (Å²) in [7, 11) is 0. The van der Waals surface area contributed by atoms with Crippen LogP contribution in [0.3, 0.4) is 0 Å². The van der Waals surface area contributed by atoms with Gasteiger partial charge in [-0.1, -0.05) is 31.1 Å². The van der Waals surface area contributed by atoms with E-state index in [0.717, 1.165) is 35.0 Å². The van der Waals surface area contributed by atoms with E-state index >= 15 is 0 Å². The number of pyridine rings is 1. The maximum absolute atomic E-state index is 5.12.